The highest BCUT2D eigenvalue weighted by Crippen LogP contribution is 2.08. The van der Waals surface area contributed by atoms with Gasteiger partial charge in [-0.3, -0.25) is 4.79 Å². The van der Waals surface area contributed by atoms with Crippen LogP contribution in [-0.4, -0.2) is 40.0 Å². The highest BCUT2D eigenvalue weighted by molar-refractivity contribution is 5.71. The molecule has 0 heterocycles. The fourth-order valence-electron chi connectivity index (χ4n) is 0.989. The predicted molar refractivity (Wildman–Crippen MR) is 57.1 cm³/mol. The molecule has 0 aliphatic carbocycles. The maximum absolute atomic E-state index is 11.3. The molecule has 0 aliphatic rings. The zero-order valence-electron chi connectivity index (χ0n) is 9.98. The van der Waals surface area contributed by atoms with Crippen LogP contribution in [0.5, 0.6) is 0 Å². The van der Waals surface area contributed by atoms with Gasteiger partial charge in [0, 0.05) is 0 Å². The smallest absolute Gasteiger partial charge is 0.407 e. The molecule has 0 saturated heterocycles. The van der Waals surface area contributed by atoms with Crippen molar-refractivity contribution in [2.75, 3.05) is 0 Å². The van der Waals surface area contributed by atoms with E-state index in [1.54, 1.807) is 20.8 Å². The molecule has 0 saturated carbocycles. The molecule has 0 aromatic rings. The molecule has 0 rings (SSSR count). The van der Waals surface area contributed by atoms with Crippen LogP contribution in [0, 0.1) is 0 Å². The third kappa shape index (κ3) is 7.05. The first kappa shape index (κ1) is 14.7. The van der Waals surface area contributed by atoms with Crippen molar-refractivity contribution in [3.63, 3.8) is 0 Å². The molecule has 0 spiro atoms. The number of amides is 1. The van der Waals surface area contributed by atoms with Crippen molar-refractivity contribution >= 4 is 12.1 Å². The Labute approximate surface area is 94.6 Å². The third-order valence-electron chi connectivity index (χ3n) is 1.68. The minimum Gasteiger partial charge on any atom is -0.481 e. The molecule has 0 unspecified atom stereocenters. The van der Waals surface area contributed by atoms with Gasteiger partial charge >= 0.3 is 12.1 Å². The van der Waals surface area contributed by atoms with Crippen molar-refractivity contribution in [3.8, 4) is 0 Å². The van der Waals surface area contributed by atoms with Gasteiger partial charge in [0.15, 0.2) is 0 Å². The van der Waals surface area contributed by atoms with Crippen molar-refractivity contribution in [1.82, 2.24) is 5.32 Å². The van der Waals surface area contributed by atoms with Gasteiger partial charge in [-0.2, -0.15) is 0 Å². The third-order valence-corrected chi connectivity index (χ3v) is 1.68. The molecule has 6 nitrogen and oxygen atoms in total. The first-order valence-corrected chi connectivity index (χ1v) is 5.01. The van der Waals surface area contributed by atoms with Gasteiger partial charge in [-0.05, 0) is 27.7 Å². The number of carbonyl (C=O) groups excluding carboxylic acids is 1. The second-order valence-electron chi connectivity index (χ2n) is 4.59. The molecule has 6 heteroatoms. The van der Waals surface area contributed by atoms with Crippen LogP contribution in [0.15, 0.2) is 0 Å². The number of carbonyl (C=O) groups is 2. The van der Waals surface area contributed by atoms with Gasteiger partial charge < -0.3 is 20.3 Å². The molecule has 0 aromatic carbocycles. The monoisotopic (exact) mass is 233 g/mol. The molecule has 2 atom stereocenters. The van der Waals surface area contributed by atoms with Crippen LogP contribution in [0.4, 0.5) is 4.79 Å². The van der Waals surface area contributed by atoms with Crippen molar-refractivity contribution in [2.45, 2.75) is 51.9 Å². The zero-order valence-corrected chi connectivity index (χ0v) is 9.98. The molecule has 1 amide bonds. The van der Waals surface area contributed by atoms with Crippen molar-refractivity contribution < 1.29 is 24.5 Å². The summed E-state index contributed by atoms with van der Waals surface area (Å²) in [6, 6.07) is -0.854. The predicted octanol–water partition coefficient (Wildman–Crippen LogP) is 0.735. The minimum absolute atomic E-state index is 0.350. The molecule has 94 valence electrons. The van der Waals surface area contributed by atoms with E-state index in [1.165, 1.54) is 6.92 Å². The van der Waals surface area contributed by atoms with Crippen LogP contribution in [-0.2, 0) is 9.53 Å². The van der Waals surface area contributed by atoms with E-state index in [-0.39, 0.29) is 6.42 Å². The highest BCUT2D eigenvalue weighted by atomic mass is 16.6. The Balaban J connectivity index is 4.30. The second kappa shape index (κ2) is 5.69. The number of ether oxygens (including phenoxy) is 1. The average Bonchev–Trinajstić information content (AvgIpc) is 1.97. The van der Waals surface area contributed by atoms with Crippen molar-refractivity contribution in [1.29, 1.82) is 0 Å². The number of rotatable bonds is 4. The Hall–Kier alpha value is -1.30. The number of aliphatic hydroxyl groups is 1. The Bertz CT molecular complexity index is 256. The van der Waals surface area contributed by atoms with Crippen molar-refractivity contribution in [2.24, 2.45) is 0 Å². The highest BCUT2D eigenvalue weighted by Gasteiger charge is 2.24. The van der Waals surface area contributed by atoms with E-state index in [0.29, 0.717) is 0 Å². The van der Waals surface area contributed by atoms with Gasteiger partial charge in [-0.25, -0.2) is 4.79 Å². The fourth-order valence-corrected chi connectivity index (χ4v) is 0.989. The first-order chi connectivity index (χ1) is 7.11. The Morgan fingerprint density at radius 1 is 1.38 bits per heavy atom. The molecule has 0 aliphatic heterocycles. The summed E-state index contributed by atoms with van der Waals surface area (Å²) in [4.78, 5) is 21.8. The Morgan fingerprint density at radius 3 is 2.19 bits per heavy atom. The average molecular weight is 233 g/mol. The summed E-state index contributed by atoms with van der Waals surface area (Å²) in [7, 11) is 0. The molecular weight excluding hydrogens is 214 g/mol. The standard InChI is InChI=1S/C10H19NO5/c1-6(12)7(5-8(13)14)11-9(15)16-10(2,3)4/h6-7,12H,5H2,1-4H3,(H,11,15)(H,13,14)/t6-,7+/m0/s1. The molecule has 0 bridgehead atoms. The van der Waals surface area contributed by atoms with Crippen molar-refractivity contribution in [3.05, 3.63) is 0 Å². The summed E-state index contributed by atoms with van der Waals surface area (Å²) in [5.74, 6) is -1.10. The van der Waals surface area contributed by atoms with E-state index in [4.69, 9.17) is 9.84 Å². The quantitative estimate of drug-likeness (QED) is 0.665. The Kier molecular flexibility index (Phi) is 5.23. The lowest BCUT2D eigenvalue weighted by molar-refractivity contribution is -0.138. The number of hydrogen-bond acceptors (Lipinski definition) is 4. The lowest BCUT2D eigenvalue weighted by Crippen LogP contribution is -2.45. The molecule has 16 heavy (non-hydrogen) atoms. The van der Waals surface area contributed by atoms with Crippen LogP contribution in [0.1, 0.15) is 34.1 Å². The number of carboxylic acids is 1. The van der Waals surface area contributed by atoms with Gasteiger partial charge in [-0.15, -0.1) is 0 Å². The van der Waals surface area contributed by atoms with E-state index < -0.39 is 29.8 Å². The number of alkyl carbamates (subject to hydrolysis) is 1. The van der Waals surface area contributed by atoms with E-state index in [1.807, 2.05) is 0 Å². The van der Waals surface area contributed by atoms with E-state index >= 15 is 0 Å². The summed E-state index contributed by atoms with van der Waals surface area (Å²) >= 11 is 0. The Morgan fingerprint density at radius 2 is 1.88 bits per heavy atom. The summed E-state index contributed by atoms with van der Waals surface area (Å²) in [6.07, 6.45) is -2.04. The van der Waals surface area contributed by atoms with Crippen LogP contribution >= 0.6 is 0 Å². The van der Waals surface area contributed by atoms with Crippen LogP contribution < -0.4 is 5.32 Å². The second-order valence-corrected chi connectivity index (χ2v) is 4.59. The topological polar surface area (TPSA) is 95.9 Å². The normalized spacial score (nSPS) is 15.1. The van der Waals surface area contributed by atoms with E-state index in [2.05, 4.69) is 5.32 Å². The van der Waals surface area contributed by atoms with Gasteiger partial charge in [-0.1, -0.05) is 0 Å². The number of hydrogen-bond donors (Lipinski definition) is 3. The van der Waals surface area contributed by atoms with E-state index in [0.717, 1.165) is 0 Å². The van der Waals surface area contributed by atoms with Gasteiger partial charge in [0.05, 0.1) is 18.6 Å². The molecule has 0 radical (unpaired) electrons. The van der Waals surface area contributed by atoms with Gasteiger partial charge in [0.1, 0.15) is 5.60 Å². The summed E-state index contributed by atoms with van der Waals surface area (Å²) in [5, 5.41) is 20.2. The first-order valence-electron chi connectivity index (χ1n) is 5.01. The largest absolute Gasteiger partial charge is 0.481 e. The van der Waals surface area contributed by atoms with Gasteiger partial charge in [0.2, 0.25) is 0 Å². The summed E-state index contributed by atoms with van der Waals surface area (Å²) < 4.78 is 4.95. The summed E-state index contributed by atoms with van der Waals surface area (Å²) in [5.41, 5.74) is -0.656. The molecule has 0 fully saturated rings. The van der Waals surface area contributed by atoms with Crippen LogP contribution in [0.3, 0.4) is 0 Å². The van der Waals surface area contributed by atoms with Gasteiger partial charge in [0.25, 0.3) is 0 Å². The van der Waals surface area contributed by atoms with Crippen LogP contribution in [0.2, 0.25) is 0 Å². The fraction of sp³-hybridized carbons (Fsp3) is 0.800. The number of aliphatic hydroxyl groups excluding tert-OH is 1. The number of nitrogens with one attached hydrogen (secondary N) is 1. The van der Waals surface area contributed by atoms with Crippen LogP contribution in [0.25, 0.3) is 0 Å². The zero-order chi connectivity index (χ0) is 12.9. The maximum atomic E-state index is 11.3. The minimum atomic E-state index is -1.10. The SMILES string of the molecule is C[C@H](O)[C@@H](CC(=O)O)NC(=O)OC(C)(C)C. The lowest BCUT2D eigenvalue weighted by Gasteiger charge is -2.24. The number of carboxylic acid groups (broad SMARTS) is 1. The maximum Gasteiger partial charge on any atom is 0.407 e. The molecule has 0 aromatic heterocycles. The molecule has 3 N–H and O–H groups in total. The summed E-state index contributed by atoms with van der Waals surface area (Å²) in [6.45, 7) is 6.49. The molecular formula is C10H19NO5. The lowest BCUT2D eigenvalue weighted by atomic mass is 10.1. The van der Waals surface area contributed by atoms with E-state index in [9.17, 15) is 14.7 Å². The number of aliphatic carboxylic acids is 1.